The van der Waals surface area contributed by atoms with Crippen molar-refractivity contribution in [3.8, 4) is 0 Å². The van der Waals surface area contributed by atoms with Gasteiger partial charge in [0.15, 0.2) is 0 Å². The zero-order valence-corrected chi connectivity index (χ0v) is 10.6. The fraction of sp³-hybridized carbons (Fsp3) is 0.538. The highest BCUT2D eigenvalue weighted by Crippen LogP contribution is 2.36. The van der Waals surface area contributed by atoms with Gasteiger partial charge in [0.1, 0.15) is 5.76 Å². The molecule has 16 heavy (non-hydrogen) atoms. The fourth-order valence-electron chi connectivity index (χ4n) is 1.96. The van der Waals surface area contributed by atoms with Gasteiger partial charge in [-0.3, -0.25) is 0 Å². The second-order valence-corrected chi connectivity index (χ2v) is 6.13. The van der Waals surface area contributed by atoms with Gasteiger partial charge in [-0.25, -0.2) is 0 Å². The van der Waals surface area contributed by atoms with E-state index in [4.69, 9.17) is 4.42 Å². The van der Waals surface area contributed by atoms with Crippen molar-refractivity contribution in [2.45, 2.75) is 24.5 Å². The lowest BCUT2D eigenvalue weighted by Gasteiger charge is -2.22. The van der Waals surface area contributed by atoms with E-state index in [2.05, 4.69) is 30.1 Å². The average Bonchev–Trinajstić information content (AvgIpc) is 2.89. The van der Waals surface area contributed by atoms with E-state index < -0.39 is 0 Å². The maximum atomic E-state index is 5.21. The van der Waals surface area contributed by atoms with Gasteiger partial charge in [-0.2, -0.15) is 11.8 Å². The molecule has 0 amide bonds. The monoisotopic (exact) mass is 237 g/mol. The number of hydrogen-bond donors (Lipinski definition) is 1. The van der Waals surface area contributed by atoms with Gasteiger partial charge in [-0.1, -0.05) is 6.08 Å². The minimum absolute atomic E-state index is 0.457. The van der Waals surface area contributed by atoms with E-state index >= 15 is 0 Å². The summed E-state index contributed by atoms with van der Waals surface area (Å²) >= 11 is 2.10. The first-order chi connectivity index (χ1) is 7.79. The van der Waals surface area contributed by atoms with E-state index in [0.717, 1.165) is 18.8 Å². The average molecular weight is 237 g/mol. The van der Waals surface area contributed by atoms with Crippen LogP contribution in [-0.2, 0) is 0 Å². The van der Waals surface area contributed by atoms with Crippen molar-refractivity contribution >= 4 is 17.8 Å². The number of rotatable bonds is 5. The van der Waals surface area contributed by atoms with Gasteiger partial charge in [0.05, 0.1) is 6.26 Å². The zero-order chi connectivity index (χ0) is 11.3. The number of thioether (sulfide) groups is 1. The van der Waals surface area contributed by atoms with Crippen LogP contribution in [0.2, 0.25) is 0 Å². The lowest BCUT2D eigenvalue weighted by molar-refractivity contribution is 0.552. The van der Waals surface area contributed by atoms with Crippen LogP contribution in [0.4, 0.5) is 0 Å². The van der Waals surface area contributed by atoms with Gasteiger partial charge in [-0.05, 0) is 43.7 Å². The third-order valence-corrected chi connectivity index (χ3v) is 4.43. The molecule has 0 aliphatic carbocycles. The molecular formula is C13H19NOS. The van der Waals surface area contributed by atoms with Crippen LogP contribution < -0.4 is 5.32 Å². The Morgan fingerprint density at radius 1 is 1.62 bits per heavy atom. The minimum Gasteiger partial charge on any atom is -0.465 e. The Hall–Kier alpha value is -0.670. The van der Waals surface area contributed by atoms with Crippen molar-refractivity contribution < 1.29 is 4.42 Å². The molecule has 1 fully saturated rings. The summed E-state index contributed by atoms with van der Waals surface area (Å²) in [5.41, 5.74) is 0. The molecule has 1 N–H and O–H groups in total. The predicted octanol–water partition coefficient (Wildman–Crippen LogP) is 3.17. The first-order valence-electron chi connectivity index (χ1n) is 5.83. The summed E-state index contributed by atoms with van der Waals surface area (Å²) in [4.78, 5) is 0. The summed E-state index contributed by atoms with van der Waals surface area (Å²) < 4.78 is 5.67. The Morgan fingerprint density at radius 2 is 2.56 bits per heavy atom. The lowest BCUT2D eigenvalue weighted by Crippen LogP contribution is -2.32. The van der Waals surface area contributed by atoms with Crippen LogP contribution in [0.25, 0.3) is 6.08 Å². The van der Waals surface area contributed by atoms with E-state index in [1.807, 2.05) is 18.2 Å². The fourth-order valence-corrected chi connectivity index (χ4v) is 3.23. The zero-order valence-electron chi connectivity index (χ0n) is 9.74. The number of furan rings is 1. The van der Waals surface area contributed by atoms with Crippen LogP contribution in [-0.4, -0.2) is 23.6 Å². The quantitative estimate of drug-likeness (QED) is 0.796. The second kappa shape index (κ2) is 5.60. The summed E-state index contributed by atoms with van der Waals surface area (Å²) in [6.07, 6.45) is 8.53. The smallest absolute Gasteiger partial charge is 0.126 e. The first-order valence-corrected chi connectivity index (χ1v) is 6.82. The highest BCUT2D eigenvalue weighted by atomic mass is 32.2. The van der Waals surface area contributed by atoms with Gasteiger partial charge in [0, 0.05) is 17.8 Å². The van der Waals surface area contributed by atoms with Crippen LogP contribution in [0.5, 0.6) is 0 Å². The highest BCUT2D eigenvalue weighted by molar-refractivity contribution is 8.00. The second-order valence-electron chi connectivity index (χ2n) is 4.45. The summed E-state index contributed by atoms with van der Waals surface area (Å²) in [6.45, 7) is 4.37. The molecule has 0 aromatic carbocycles. The summed E-state index contributed by atoms with van der Waals surface area (Å²) in [7, 11) is 0. The molecule has 2 nitrogen and oxygen atoms in total. The van der Waals surface area contributed by atoms with Gasteiger partial charge >= 0.3 is 0 Å². The third kappa shape index (κ3) is 3.42. The molecule has 1 unspecified atom stereocenters. The van der Waals surface area contributed by atoms with Crippen molar-refractivity contribution in [3.05, 3.63) is 30.2 Å². The molecule has 3 heteroatoms. The molecule has 88 valence electrons. The van der Waals surface area contributed by atoms with Gasteiger partial charge < -0.3 is 9.73 Å². The normalized spacial score (nSPS) is 25.6. The maximum Gasteiger partial charge on any atom is 0.126 e. The number of hydrogen-bond acceptors (Lipinski definition) is 3. The van der Waals surface area contributed by atoms with Crippen molar-refractivity contribution in [3.63, 3.8) is 0 Å². The predicted molar refractivity (Wildman–Crippen MR) is 70.7 cm³/mol. The molecule has 1 atom stereocenters. The van der Waals surface area contributed by atoms with Crippen molar-refractivity contribution in [1.29, 1.82) is 0 Å². The molecule has 1 saturated heterocycles. The Morgan fingerprint density at radius 3 is 3.25 bits per heavy atom. The summed E-state index contributed by atoms with van der Waals surface area (Å²) in [5, 5.41) is 3.48. The largest absolute Gasteiger partial charge is 0.465 e. The van der Waals surface area contributed by atoms with Crippen LogP contribution in [0, 0.1) is 0 Å². The third-order valence-electron chi connectivity index (χ3n) is 2.89. The SMILES string of the molecule is CC1(CNC/C=C/c2ccco2)CCCS1. The summed E-state index contributed by atoms with van der Waals surface area (Å²) in [6, 6.07) is 3.87. The Balaban J connectivity index is 1.65. The Bertz CT molecular complexity index is 326. The standard InChI is InChI=1S/C13H19NOS/c1-13(7-4-10-16-13)11-14-8-2-5-12-6-3-9-15-12/h2-3,5-6,9,14H,4,7-8,10-11H2,1H3/b5-2+. The van der Waals surface area contributed by atoms with Gasteiger partial charge in [0.2, 0.25) is 0 Å². The van der Waals surface area contributed by atoms with Crippen molar-refractivity contribution in [1.82, 2.24) is 5.32 Å². The maximum absolute atomic E-state index is 5.21. The molecule has 0 radical (unpaired) electrons. The van der Waals surface area contributed by atoms with Crippen LogP contribution in [0.3, 0.4) is 0 Å². The first kappa shape index (κ1) is 11.8. The van der Waals surface area contributed by atoms with Crippen molar-refractivity contribution in [2.75, 3.05) is 18.8 Å². The molecule has 0 bridgehead atoms. The van der Waals surface area contributed by atoms with E-state index in [-0.39, 0.29) is 0 Å². The highest BCUT2D eigenvalue weighted by Gasteiger charge is 2.28. The molecule has 2 rings (SSSR count). The van der Waals surface area contributed by atoms with E-state index in [0.29, 0.717) is 4.75 Å². The molecular weight excluding hydrogens is 218 g/mol. The molecule has 0 spiro atoms. The van der Waals surface area contributed by atoms with E-state index in [1.165, 1.54) is 18.6 Å². The Kier molecular flexibility index (Phi) is 4.13. The molecule has 1 aliphatic rings. The topological polar surface area (TPSA) is 25.2 Å². The van der Waals surface area contributed by atoms with E-state index in [1.54, 1.807) is 6.26 Å². The number of nitrogens with one attached hydrogen (secondary N) is 1. The van der Waals surface area contributed by atoms with Crippen LogP contribution in [0.15, 0.2) is 28.9 Å². The van der Waals surface area contributed by atoms with E-state index in [9.17, 15) is 0 Å². The molecule has 1 aliphatic heterocycles. The van der Waals surface area contributed by atoms with Gasteiger partial charge in [-0.15, -0.1) is 0 Å². The molecule has 2 heterocycles. The lowest BCUT2D eigenvalue weighted by atomic mass is 10.1. The van der Waals surface area contributed by atoms with Crippen LogP contribution >= 0.6 is 11.8 Å². The summed E-state index contributed by atoms with van der Waals surface area (Å²) in [5.74, 6) is 2.24. The molecule has 0 saturated carbocycles. The minimum atomic E-state index is 0.457. The van der Waals surface area contributed by atoms with Crippen LogP contribution in [0.1, 0.15) is 25.5 Å². The van der Waals surface area contributed by atoms with Gasteiger partial charge in [0.25, 0.3) is 0 Å². The van der Waals surface area contributed by atoms with Crippen molar-refractivity contribution in [2.24, 2.45) is 0 Å². The molecule has 1 aromatic heterocycles. The molecule has 1 aromatic rings. The Labute approximate surface area is 101 Å².